The highest BCUT2D eigenvalue weighted by molar-refractivity contribution is 7.09. The van der Waals surface area contributed by atoms with Crippen molar-refractivity contribution >= 4 is 46.6 Å². The van der Waals surface area contributed by atoms with Gasteiger partial charge in [0.05, 0.1) is 5.92 Å². The van der Waals surface area contributed by atoms with Gasteiger partial charge in [0.15, 0.2) is 0 Å². The first-order chi connectivity index (χ1) is 26.4. The molecule has 12 heteroatoms. The quantitative estimate of drug-likeness (QED) is 0.0883. The third-order valence-electron chi connectivity index (χ3n) is 9.78. The van der Waals surface area contributed by atoms with Gasteiger partial charge in [0, 0.05) is 54.5 Å². The number of amides is 4. The van der Waals surface area contributed by atoms with E-state index in [-0.39, 0.29) is 43.5 Å². The first-order valence-corrected chi connectivity index (χ1v) is 19.4. The molecule has 0 radical (unpaired) electrons. The Morgan fingerprint density at radius 1 is 0.836 bits per heavy atom. The SMILES string of the molecule is C=C(CCC(=O)Nc1ccc(C[C@H](C)C(=O)N2CCC[C@@H](C(=O)O)C2)cc1)NC(Cc1cccs1)C(=O)N[C@@H](Cc1ccc(-c2ccccc2)cc1)C(N)=O. The largest absolute Gasteiger partial charge is 0.481 e. The summed E-state index contributed by atoms with van der Waals surface area (Å²) in [5.74, 6) is -3.02. The molecule has 55 heavy (non-hydrogen) atoms. The lowest BCUT2D eigenvalue weighted by atomic mass is 9.95. The summed E-state index contributed by atoms with van der Waals surface area (Å²) in [4.78, 5) is 66.1. The number of hydrogen-bond acceptors (Lipinski definition) is 7. The highest BCUT2D eigenvalue weighted by Gasteiger charge is 2.30. The van der Waals surface area contributed by atoms with Gasteiger partial charge in [-0.2, -0.15) is 0 Å². The first-order valence-electron chi connectivity index (χ1n) is 18.6. The van der Waals surface area contributed by atoms with Crippen molar-refractivity contribution in [3.8, 4) is 11.1 Å². The summed E-state index contributed by atoms with van der Waals surface area (Å²) >= 11 is 1.51. The molecule has 2 heterocycles. The lowest BCUT2D eigenvalue weighted by molar-refractivity contribution is -0.146. The number of carbonyl (C=O) groups is 5. The van der Waals surface area contributed by atoms with E-state index in [0.717, 1.165) is 27.1 Å². The van der Waals surface area contributed by atoms with Crippen LogP contribution in [0.3, 0.4) is 0 Å². The number of primary amides is 1. The van der Waals surface area contributed by atoms with Crippen LogP contribution in [0.1, 0.15) is 48.6 Å². The summed E-state index contributed by atoms with van der Waals surface area (Å²) in [6, 6.07) is 27.2. The summed E-state index contributed by atoms with van der Waals surface area (Å²) in [5.41, 5.74) is 10.8. The third kappa shape index (κ3) is 12.1. The summed E-state index contributed by atoms with van der Waals surface area (Å²) in [5, 5.41) is 20.2. The fraction of sp³-hybridized carbons (Fsp3) is 0.326. The van der Waals surface area contributed by atoms with Gasteiger partial charge in [-0.1, -0.05) is 86.3 Å². The zero-order valence-electron chi connectivity index (χ0n) is 31.0. The van der Waals surface area contributed by atoms with Crippen LogP contribution in [0.2, 0.25) is 0 Å². The fourth-order valence-electron chi connectivity index (χ4n) is 6.70. The van der Waals surface area contributed by atoms with E-state index in [1.165, 1.54) is 11.3 Å². The molecule has 1 aliphatic heterocycles. The van der Waals surface area contributed by atoms with Crippen LogP contribution in [0.15, 0.2) is 109 Å². The van der Waals surface area contributed by atoms with Crippen molar-refractivity contribution in [2.45, 2.75) is 64.0 Å². The van der Waals surface area contributed by atoms with Gasteiger partial charge in [-0.25, -0.2) is 0 Å². The molecule has 0 saturated carbocycles. The maximum atomic E-state index is 13.6. The van der Waals surface area contributed by atoms with Crippen LogP contribution >= 0.6 is 11.3 Å². The number of nitrogens with two attached hydrogens (primary N) is 1. The summed E-state index contributed by atoms with van der Waals surface area (Å²) in [7, 11) is 0. The molecule has 0 spiro atoms. The molecule has 288 valence electrons. The van der Waals surface area contributed by atoms with Crippen LogP contribution in [-0.4, -0.2) is 64.8 Å². The zero-order valence-corrected chi connectivity index (χ0v) is 31.9. The predicted molar refractivity (Wildman–Crippen MR) is 215 cm³/mol. The number of aliphatic carboxylic acids is 1. The Morgan fingerprint density at radius 2 is 1.51 bits per heavy atom. The van der Waals surface area contributed by atoms with Gasteiger partial charge in [-0.05, 0) is 71.5 Å². The normalized spacial score (nSPS) is 15.6. The number of carbonyl (C=O) groups excluding carboxylic acids is 4. The van der Waals surface area contributed by atoms with E-state index in [1.807, 2.05) is 91.2 Å². The number of thiophene rings is 1. The van der Waals surface area contributed by atoms with Gasteiger partial charge in [-0.15, -0.1) is 11.3 Å². The summed E-state index contributed by atoms with van der Waals surface area (Å²) in [6.45, 7) is 6.75. The molecular weight excluding hydrogens is 715 g/mol. The van der Waals surface area contributed by atoms with Crippen molar-refractivity contribution in [2.75, 3.05) is 18.4 Å². The number of benzene rings is 3. The first kappa shape index (κ1) is 40.4. The molecule has 0 aliphatic carbocycles. The van der Waals surface area contributed by atoms with Crippen molar-refractivity contribution in [1.29, 1.82) is 0 Å². The van der Waals surface area contributed by atoms with Crippen molar-refractivity contribution in [3.05, 3.63) is 125 Å². The highest BCUT2D eigenvalue weighted by atomic mass is 32.1. The lowest BCUT2D eigenvalue weighted by Gasteiger charge is -2.32. The Labute approximate surface area is 326 Å². The molecule has 1 aliphatic rings. The molecule has 5 rings (SSSR count). The van der Waals surface area contributed by atoms with Crippen molar-refractivity contribution in [1.82, 2.24) is 15.5 Å². The lowest BCUT2D eigenvalue weighted by Crippen LogP contribution is -2.53. The van der Waals surface area contributed by atoms with E-state index >= 15 is 0 Å². The van der Waals surface area contributed by atoms with Crippen LogP contribution < -0.4 is 21.7 Å². The molecule has 4 atom stereocenters. The third-order valence-corrected chi connectivity index (χ3v) is 10.7. The molecule has 4 aromatic rings. The number of allylic oxidation sites excluding steroid dienone is 1. The van der Waals surface area contributed by atoms with Crippen LogP contribution in [0.5, 0.6) is 0 Å². The van der Waals surface area contributed by atoms with Gasteiger partial charge in [-0.3, -0.25) is 24.0 Å². The average Bonchev–Trinajstić information content (AvgIpc) is 3.71. The van der Waals surface area contributed by atoms with E-state index in [0.29, 0.717) is 43.6 Å². The van der Waals surface area contributed by atoms with E-state index in [2.05, 4.69) is 22.5 Å². The van der Waals surface area contributed by atoms with Crippen LogP contribution in [0.4, 0.5) is 5.69 Å². The molecule has 3 aromatic carbocycles. The maximum Gasteiger partial charge on any atom is 0.308 e. The van der Waals surface area contributed by atoms with E-state index in [9.17, 15) is 29.1 Å². The Kier molecular flexibility index (Phi) is 14.4. The number of piperidine rings is 1. The molecule has 4 amide bonds. The molecule has 1 unspecified atom stereocenters. The number of anilines is 1. The topological polar surface area (TPSA) is 171 Å². The average molecular weight is 764 g/mol. The van der Waals surface area contributed by atoms with Crippen LogP contribution in [0, 0.1) is 11.8 Å². The Hall–Kier alpha value is -5.75. The maximum absolute atomic E-state index is 13.6. The smallest absolute Gasteiger partial charge is 0.308 e. The number of carboxylic acid groups (broad SMARTS) is 1. The minimum absolute atomic E-state index is 0.0510. The number of likely N-dealkylation sites (tertiary alicyclic amines) is 1. The molecule has 1 saturated heterocycles. The van der Waals surface area contributed by atoms with E-state index < -0.39 is 35.8 Å². The summed E-state index contributed by atoms with van der Waals surface area (Å²) in [6.07, 6.45) is 2.73. The van der Waals surface area contributed by atoms with Gasteiger partial charge in [0.1, 0.15) is 12.1 Å². The standard InChI is InChI=1S/C43H49N5O6S/c1-28(42(52)48-22-6-10-34(27-48)43(53)54)24-30-15-19-35(20-16-30)46-39(49)21-12-29(2)45-38(26-36-11-7-23-55-36)41(51)47-37(40(44)50)25-31-13-17-33(18-14-31)32-8-4-3-5-9-32/h3-5,7-9,11,13-20,23,28,34,37-38,45H,2,6,10,12,21-22,24-27H2,1H3,(H2,44,50)(H,46,49)(H,47,51)(H,53,54)/t28-,34+,37-,38?/m0/s1. The van der Waals surface area contributed by atoms with Gasteiger partial charge < -0.3 is 31.7 Å². The predicted octanol–water partition coefficient (Wildman–Crippen LogP) is 5.56. The molecular formula is C43H49N5O6S. The number of rotatable bonds is 18. The molecule has 1 fully saturated rings. The van der Waals surface area contributed by atoms with Crippen LogP contribution in [0.25, 0.3) is 11.1 Å². The molecule has 11 nitrogen and oxygen atoms in total. The Bertz CT molecular complexity index is 1930. The second kappa shape index (κ2) is 19.5. The monoisotopic (exact) mass is 763 g/mol. The minimum atomic E-state index is -0.932. The number of nitrogens with one attached hydrogen (secondary N) is 3. The number of nitrogens with zero attached hydrogens (tertiary/aromatic N) is 1. The van der Waals surface area contributed by atoms with Crippen LogP contribution in [-0.2, 0) is 43.2 Å². The fourth-order valence-corrected chi connectivity index (χ4v) is 7.45. The summed E-state index contributed by atoms with van der Waals surface area (Å²) < 4.78 is 0. The van der Waals surface area contributed by atoms with E-state index in [4.69, 9.17) is 5.73 Å². The molecule has 6 N–H and O–H groups in total. The molecule has 0 bridgehead atoms. The van der Waals surface area contributed by atoms with Crippen molar-refractivity contribution in [2.24, 2.45) is 17.6 Å². The Morgan fingerprint density at radius 3 is 2.16 bits per heavy atom. The van der Waals surface area contributed by atoms with Gasteiger partial charge >= 0.3 is 5.97 Å². The highest BCUT2D eigenvalue weighted by Crippen LogP contribution is 2.22. The van der Waals surface area contributed by atoms with Crippen molar-refractivity contribution in [3.63, 3.8) is 0 Å². The zero-order chi connectivity index (χ0) is 39.3. The molecule has 1 aromatic heterocycles. The number of carboxylic acids is 1. The second-order valence-corrected chi connectivity index (χ2v) is 15.2. The number of hydrogen-bond donors (Lipinski definition) is 5. The Balaban J connectivity index is 1.11. The van der Waals surface area contributed by atoms with Gasteiger partial charge in [0.25, 0.3) is 0 Å². The van der Waals surface area contributed by atoms with Crippen molar-refractivity contribution < 1.29 is 29.1 Å². The second-order valence-electron chi connectivity index (χ2n) is 14.1. The minimum Gasteiger partial charge on any atom is -0.481 e. The van der Waals surface area contributed by atoms with E-state index in [1.54, 1.807) is 17.0 Å². The van der Waals surface area contributed by atoms with Gasteiger partial charge in [0.2, 0.25) is 23.6 Å².